The van der Waals surface area contributed by atoms with Gasteiger partial charge >= 0.3 is 0 Å². The van der Waals surface area contributed by atoms with Crippen LogP contribution in [-0.2, 0) is 13.0 Å². The number of hydrogen-bond acceptors (Lipinski definition) is 5. The second-order valence-electron chi connectivity index (χ2n) is 4.09. The Balaban J connectivity index is 1.90. The Bertz CT molecular complexity index is 526. The van der Waals surface area contributed by atoms with Gasteiger partial charge in [-0.1, -0.05) is 0 Å². The normalized spacial score (nSPS) is 14.5. The molecule has 5 nitrogen and oxygen atoms in total. The van der Waals surface area contributed by atoms with Crippen molar-refractivity contribution in [2.24, 2.45) is 0 Å². The van der Waals surface area contributed by atoms with Gasteiger partial charge in [-0.25, -0.2) is 9.97 Å². The first-order valence-corrected chi connectivity index (χ1v) is 5.58. The van der Waals surface area contributed by atoms with Gasteiger partial charge in [0.25, 0.3) is 0 Å². The zero-order valence-electron chi connectivity index (χ0n) is 9.37. The number of nitrogens with zero attached hydrogens (tertiary/aromatic N) is 4. The zero-order chi connectivity index (χ0) is 11.7. The van der Waals surface area contributed by atoms with Crippen molar-refractivity contribution in [2.45, 2.75) is 13.0 Å². The number of pyridine rings is 1. The molecule has 0 spiro atoms. The minimum Gasteiger partial charge on any atom is -0.397 e. The van der Waals surface area contributed by atoms with E-state index in [2.05, 4.69) is 19.9 Å². The van der Waals surface area contributed by atoms with Crippen molar-refractivity contribution in [1.29, 1.82) is 0 Å². The fourth-order valence-corrected chi connectivity index (χ4v) is 2.07. The van der Waals surface area contributed by atoms with E-state index in [1.54, 1.807) is 18.6 Å². The van der Waals surface area contributed by atoms with E-state index >= 15 is 0 Å². The van der Waals surface area contributed by atoms with E-state index in [9.17, 15) is 0 Å². The minimum absolute atomic E-state index is 0.708. The Kier molecular flexibility index (Phi) is 2.36. The highest BCUT2D eigenvalue weighted by Gasteiger charge is 2.19. The lowest BCUT2D eigenvalue weighted by molar-refractivity contribution is 0.692. The second kappa shape index (κ2) is 4.01. The molecule has 17 heavy (non-hydrogen) atoms. The van der Waals surface area contributed by atoms with Gasteiger partial charge in [0.2, 0.25) is 5.95 Å². The molecule has 2 N–H and O–H groups in total. The summed E-state index contributed by atoms with van der Waals surface area (Å²) in [5, 5.41) is 0. The molecule has 0 atom stereocenters. The number of hydrogen-bond donors (Lipinski definition) is 1. The predicted octanol–water partition coefficient (Wildman–Crippen LogP) is 1.02. The zero-order valence-corrected chi connectivity index (χ0v) is 9.37. The first-order chi connectivity index (χ1) is 8.33. The molecule has 5 heteroatoms. The highest BCUT2D eigenvalue weighted by Crippen LogP contribution is 2.21. The minimum atomic E-state index is 0.708. The van der Waals surface area contributed by atoms with Gasteiger partial charge < -0.3 is 10.6 Å². The van der Waals surface area contributed by atoms with Crippen LogP contribution in [0.1, 0.15) is 11.3 Å². The van der Waals surface area contributed by atoms with Gasteiger partial charge in [0.1, 0.15) is 0 Å². The van der Waals surface area contributed by atoms with Crippen molar-refractivity contribution in [2.75, 3.05) is 17.2 Å². The van der Waals surface area contributed by atoms with E-state index in [1.165, 1.54) is 5.56 Å². The molecule has 86 valence electrons. The van der Waals surface area contributed by atoms with Crippen LogP contribution in [0.5, 0.6) is 0 Å². The van der Waals surface area contributed by atoms with Crippen LogP contribution in [0.15, 0.2) is 30.7 Å². The number of aromatic nitrogens is 3. The summed E-state index contributed by atoms with van der Waals surface area (Å²) in [6.07, 6.45) is 6.15. The van der Waals surface area contributed by atoms with Gasteiger partial charge in [0.15, 0.2) is 0 Å². The average molecular weight is 227 g/mol. The summed E-state index contributed by atoms with van der Waals surface area (Å²) in [4.78, 5) is 15.0. The molecular formula is C12H13N5. The molecule has 0 saturated heterocycles. The monoisotopic (exact) mass is 227 g/mol. The van der Waals surface area contributed by atoms with Gasteiger partial charge in [0, 0.05) is 37.6 Å². The van der Waals surface area contributed by atoms with E-state index in [0.717, 1.165) is 31.2 Å². The van der Waals surface area contributed by atoms with E-state index < -0.39 is 0 Å². The summed E-state index contributed by atoms with van der Waals surface area (Å²) in [6, 6.07) is 3.80. The lowest BCUT2D eigenvalue weighted by Crippen LogP contribution is -2.32. The molecule has 2 aromatic rings. The number of nitrogens with two attached hydrogens (primary N) is 1. The summed E-state index contributed by atoms with van der Waals surface area (Å²) < 4.78 is 0. The Hall–Kier alpha value is -2.17. The Morgan fingerprint density at radius 1 is 1.18 bits per heavy atom. The molecule has 0 unspecified atom stereocenters. The predicted molar refractivity (Wildman–Crippen MR) is 65.4 cm³/mol. The van der Waals surface area contributed by atoms with Gasteiger partial charge in [-0.3, -0.25) is 4.98 Å². The van der Waals surface area contributed by atoms with Gasteiger partial charge in [-0.2, -0.15) is 0 Å². The number of fused-ring (bicyclic) bond motifs is 1. The standard InChI is InChI=1S/C12H13N5/c13-10-6-9-8-17(5-2-11(9)16-7-10)12-14-3-1-4-15-12/h1,3-4,6-7H,2,5,8,13H2. The lowest BCUT2D eigenvalue weighted by Gasteiger charge is -2.28. The van der Waals surface area contributed by atoms with Crippen molar-refractivity contribution in [3.05, 3.63) is 42.0 Å². The van der Waals surface area contributed by atoms with Gasteiger partial charge in [-0.15, -0.1) is 0 Å². The maximum Gasteiger partial charge on any atom is 0.225 e. The molecule has 0 aromatic carbocycles. The summed E-state index contributed by atoms with van der Waals surface area (Å²) >= 11 is 0. The van der Waals surface area contributed by atoms with Gasteiger partial charge in [0.05, 0.1) is 11.9 Å². The lowest BCUT2D eigenvalue weighted by atomic mass is 10.1. The molecule has 0 radical (unpaired) electrons. The van der Waals surface area contributed by atoms with Crippen molar-refractivity contribution in [3.8, 4) is 0 Å². The Labute approximate surface area is 99.3 Å². The Morgan fingerprint density at radius 2 is 2.00 bits per heavy atom. The van der Waals surface area contributed by atoms with Crippen LogP contribution in [0, 0.1) is 0 Å². The maximum absolute atomic E-state index is 5.75. The van der Waals surface area contributed by atoms with Crippen LogP contribution in [0.3, 0.4) is 0 Å². The molecule has 1 aliphatic heterocycles. The molecule has 0 bridgehead atoms. The largest absolute Gasteiger partial charge is 0.397 e. The first kappa shape index (κ1) is 10.0. The van der Waals surface area contributed by atoms with E-state index in [1.807, 2.05) is 12.1 Å². The van der Waals surface area contributed by atoms with Crippen LogP contribution in [0.4, 0.5) is 11.6 Å². The summed E-state index contributed by atoms with van der Waals surface area (Å²) in [6.45, 7) is 1.67. The fourth-order valence-electron chi connectivity index (χ4n) is 2.07. The third kappa shape index (κ3) is 1.91. The Morgan fingerprint density at radius 3 is 2.82 bits per heavy atom. The molecule has 3 heterocycles. The maximum atomic E-state index is 5.75. The molecule has 2 aromatic heterocycles. The van der Waals surface area contributed by atoms with Crippen molar-refractivity contribution < 1.29 is 0 Å². The first-order valence-electron chi connectivity index (χ1n) is 5.58. The summed E-state index contributed by atoms with van der Waals surface area (Å²) in [7, 11) is 0. The number of rotatable bonds is 1. The van der Waals surface area contributed by atoms with Crippen LogP contribution in [0.2, 0.25) is 0 Å². The summed E-state index contributed by atoms with van der Waals surface area (Å²) in [5.41, 5.74) is 8.76. The molecule has 3 rings (SSSR count). The highest BCUT2D eigenvalue weighted by molar-refractivity contribution is 5.44. The topological polar surface area (TPSA) is 67.9 Å². The fraction of sp³-hybridized carbons (Fsp3) is 0.250. The van der Waals surface area contributed by atoms with Crippen molar-refractivity contribution in [1.82, 2.24) is 15.0 Å². The quantitative estimate of drug-likeness (QED) is 0.787. The molecule has 0 aliphatic carbocycles. The molecule has 0 amide bonds. The summed E-state index contributed by atoms with van der Waals surface area (Å²) in [5.74, 6) is 0.764. The van der Waals surface area contributed by atoms with Gasteiger partial charge in [-0.05, 0) is 17.7 Å². The van der Waals surface area contributed by atoms with Crippen molar-refractivity contribution >= 4 is 11.6 Å². The van der Waals surface area contributed by atoms with E-state index in [0.29, 0.717) is 5.69 Å². The molecule has 0 fully saturated rings. The SMILES string of the molecule is Nc1cnc2c(c1)CN(c1ncccn1)CC2. The smallest absolute Gasteiger partial charge is 0.225 e. The van der Waals surface area contributed by atoms with Crippen LogP contribution >= 0.6 is 0 Å². The third-order valence-corrected chi connectivity index (χ3v) is 2.90. The van der Waals surface area contributed by atoms with E-state index in [4.69, 9.17) is 5.73 Å². The van der Waals surface area contributed by atoms with E-state index in [-0.39, 0.29) is 0 Å². The highest BCUT2D eigenvalue weighted by atomic mass is 15.2. The average Bonchev–Trinajstić information content (AvgIpc) is 2.39. The molecular weight excluding hydrogens is 214 g/mol. The van der Waals surface area contributed by atoms with Crippen LogP contribution in [0.25, 0.3) is 0 Å². The molecule has 0 saturated carbocycles. The number of anilines is 2. The second-order valence-corrected chi connectivity index (χ2v) is 4.09. The molecule has 1 aliphatic rings. The van der Waals surface area contributed by atoms with Crippen LogP contribution in [-0.4, -0.2) is 21.5 Å². The van der Waals surface area contributed by atoms with Crippen molar-refractivity contribution in [3.63, 3.8) is 0 Å². The number of nitrogen functional groups attached to an aromatic ring is 1. The van der Waals surface area contributed by atoms with Crippen LogP contribution < -0.4 is 10.6 Å². The third-order valence-electron chi connectivity index (χ3n) is 2.90.